The summed E-state index contributed by atoms with van der Waals surface area (Å²) in [6, 6.07) is 3.57. The first kappa shape index (κ1) is 22.4. The van der Waals surface area contributed by atoms with Crippen LogP contribution in [-0.2, 0) is 24.8 Å². The topological polar surface area (TPSA) is 87.5 Å². The quantitative estimate of drug-likeness (QED) is 0.595. The molecule has 3 aromatic rings. The van der Waals surface area contributed by atoms with Gasteiger partial charge in [0.1, 0.15) is 5.75 Å². The fraction of sp³-hybridized carbons (Fsp3) is 0.435. The molecule has 3 rings (SSSR count). The zero-order chi connectivity index (χ0) is 22.7. The van der Waals surface area contributed by atoms with Crippen LogP contribution in [0.15, 0.2) is 12.1 Å². The lowest BCUT2D eigenvalue weighted by Crippen LogP contribution is -2.23. The number of carbonyl (C=O) groups excluding carboxylic acids is 1. The van der Waals surface area contributed by atoms with Crippen LogP contribution in [0, 0.1) is 20.8 Å². The molecule has 0 saturated heterocycles. The number of carbonyl (C=O) groups is 1. The molecule has 2 aromatic heterocycles. The number of rotatable bonds is 8. The average molecular weight is 427 g/mol. The van der Waals surface area contributed by atoms with Gasteiger partial charge in [-0.05, 0) is 44.4 Å². The molecule has 8 heteroatoms. The number of pyridine rings is 1. The Hall–Kier alpha value is -3.29. The van der Waals surface area contributed by atoms with E-state index in [1.807, 2.05) is 27.0 Å². The summed E-state index contributed by atoms with van der Waals surface area (Å²) in [5.74, 6) is 1.75. The van der Waals surface area contributed by atoms with Gasteiger partial charge >= 0.3 is 0 Å². The van der Waals surface area contributed by atoms with Crippen molar-refractivity contribution in [2.24, 2.45) is 7.05 Å². The van der Waals surface area contributed by atoms with Gasteiger partial charge in [0.2, 0.25) is 5.91 Å². The number of nitrogens with zero attached hydrogens (tertiary/aromatic N) is 3. The molecule has 0 radical (unpaired) electrons. The maximum atomic E-state index is 12.6. The number of hydrogen-bond acceptors (Lipinski definition) is 6. The highest BCUT2D eigenvalue weighted by molar-refractivity contribution is 5.84. The summed E-state index contributed by atoms with van der Waals surface area (Å²) >= 11 is 0. The lowest BCUT2D eigenvalue weighted by molar-refractivity contribution is -0.121. The highest BCUT2D eigenvalue weighted by Gasteiger charge is 2.17. The summed E-state index contributed by atoms with van der Waals surface area (Å²) in [7, 11) is 6.63. The molecule has 0 atom stereocenters. The maximum absolute atomic E-state index is 12.6. The Balaban J connectivity index is 1.71. The van der Waals surface area contributed by atoms with Crippen LogP contribution in [0.3, 0.4) is 0 Å². The number of hydrogen-bond donors (Lipinski definition) is 1. The maximum Gasteiger partial charge on any atom is 0.220 e. The highest BCUT2D eigenvalue weighted by atomic mass is 16.5. The van der Waals surface area contributed by atoms with Crippen LogP contribution in [0.4, 0.5) is 0 Å². The molecule has 0 bridgehead atoms. The standard InChI is InChI=1S/C23H30N4O4/c1-13-17(14(2)25-23-22(13)15(3)26-27(23)4)8-9-21(28)24-12-16-10-19(30-6)20(31-7)11-18(16)29-5/h10-11H,8-9,12H2,1-7H3,(H,24,28). The lowest BCUT2D eigenvalue weighted by atomic mass is 9.99. The Morgan fingerprint density at radius 1 is 1.00 bits per heavy atom. The van der Waals surface area contributed by atoms with E-state index in [1.54, 1.807) is 32.1 Å². The van der Waals surface area contributed by atoms with E-state index >= 15 is 0 Å². The molecule has 1 amide bonds. The minimum atomic E-state index is -0.0429. The number of fused-ring (bicyclic) bond motifs is 1. The summed E-state index contributed by atoms with van der Waals surface area (Å²) < 4.78 is 17.9. The predicted octanol–water partition coefficient (Wildman–Crippen LogP) is 3.17. The minimum Gasteiger partial charge on any atom is -0.496 e. The van der Waals surface area contributed by atoms with Gasteiger partial charge in [-0.25, -0.2) is 4.98 Å². The normalized spacial score (nSPS) is 10.9. The van der Waals surface area contributed by atoms with Gasteiger partial charge in [-0.2, -0.15) is 5.10 Å². The summed E-state index contributed by atoms with van der Waals surface area (Å²) in [6.07, 6.45) is 0.980. The first-order chi connectivity index (χ1) is 14.8. The smallest absolute Gasteiger partial charge is 0.220 e. The fourth-order valence-electron chi connectivity index (χ4n) is 3.98. The van der Waals surface area contributed by atoms with Crippen molar-refractivity contribution in [2.45, 2.75) is 40.2 Å². The lowest BCUT2D eigenvalue weighted by Gasteiger charge is -2.15. The first-order valence-electron chi connectivity index (χ1n) is 10.2. The van der Waals surface area contributed by atoms with E-state index in [2.05, 4.69) is 17.3 Å². The summed E-state index contributed by atoms with van der Waals surface area (Å²) in [4.78, 5) is 17.3. The summed E-state index contributed by atoms with van der Waals surface area (Å²) in [5, 5.41) is 8.52. The van der Waals surface area contributed by atoms with Crippen LogP contribution in [0.25, 0.3) is 11.0 Å². The van der Waals surface area contributed by atoms with Gasteiger partial charge in [-0.15, -0.1) is 0 Å². The third-order valence-electron chi connectivity index (χ3n) is 5.59. The zero-order valence-electron chi connectivity index (χ0n) is 19.3. The van der Waals surface area contributed by atoms with Gasteiger partial charge in [0.05, 0.1) is 27.0 Å². The summed E-state index contributed by atoms with van der Waals surface area (Å²) in [6.45, 7) is 6.38. The molecule has 0 fully saturated rings. The van der Waals surface area contributed by atoms with E-state index in [-0.39, 0.29) is 5.91 Å². The van der Waals surface area contributed by atoms with Crippen molar-refractivity contribution in [2.75, 3.05) is 21.3 Å². The van der Waals surface area contributed by atoms with Crippen molar-refractivity contribution in [1.29, 1.82) is 0 Å². The van der Waals surface area contributed by atoms with Crippen molar-refractivity contribution in [3.8, 4) is 17.2 Å². The molecule has 1 N–H and O–H groups in total. The average Bonchev–Trinajstić information content (AvgIpc) is 3.04. The van der Waals surface area contributed by atoms with Crippen molar-refractivity contribution >= 4 is 16.9 Å². The van der Waals surface area contributed by atoms with Crippen LogP contribution in [0.5, 0.6) is 17.2 Å². The second kappa shape index (κ2) is 9.24. The Labute approximate surface area is 182 Å². The van der Waals surface area contributed by atoms with Crippen molar-refractivity contribution in [1.82, 2.24) is 20.1 Å². The van der Waals surface area contributed by atoms with Crippen molar-refractivity contribution in [3.63, 3.8) is 0 Å². The van der Waals surface area contributed by atoms with Gasteiger partial charge in [0.25, 0.3) is 0 Å². The molecule has 0 aliphatic carbocycles. The molecule has 0 unspecified atom stereocenters. The van der Waals surface area contributed by atoms with E-state index in [4.69, 9.17) is 19.2 Å². The third kappa shape index (κ3) is 4.42. The number of aromatic nitrogens is 3. The first-order valence-corrected chi connectivity index (χ1v) is 10.2. The molecular weight excluding hydrogens is 396 g/mol. The molecule has 0 spiro atoms. The molecule has 0 saturated carbocycles. The Kier molecular flexibility index (Phi) is 6.68. The molecule has 166 valence electrons. The molecule has 8 nitrogen and oxygen atoms in total. The van der Waals surface area contributed by atoms with Crippen molar-refractivity contribution < 1.29 is 19.0 Å². The van der Waals surface area contributed by atoms with E-state index in [9.17, 15) is 4.79 Å². The number of amides is 1. The Bertz CT molecular complexity index is 1120. The van der Waals surface area contributed by atoms with E-state index < -0.39 is 0 Å². The number of aryl methyl sites for hydroxylation is 4. The van der Waals surface area contributed by atoms with Crippen LogP contribution < -0.4 is 19.5 Å². The number of nitrogens with one attached hydrogen (secondary N) is 1. The molecule has 0 aliphatic heterocycles. The Morgan fingerprint density at radius 3 is 2.29 bits per heavy atom. The van der Waals surface area contributed by atoms with Crippen LogP contribution in [-0.4, -0.2) is 42.0 Å². The molecular formula is C23H30N4O4. The van der Waals surface area contributed by atoms with E-state index in [0.29, 0.717) is 36.6 Å². The van der Waals surface area contributed by atoms with Crippen LogP contribution >= 0.6 is 0 Å². The van der Waals surface area contributed by atoms with Crippen LogP contribution in [0.2, 0.25) is 0 Å². The minimum absolute atomic E-state index is 0.0429. The van der Waals surface area contributed by atoms with Gasteiger partial charge < -0.3 is 19.5 Å². The van der Waals surface area contributed by atoms with Gasteiger partial charge in [-0.3, -0.25) is 9.48 Å². The number of ether oxygens (including phenoxy) is 3. The highest BCUT2D eigenvalue weighted by Crippen LogP contribution is 2.34. The molecule has 2 heterocycles. The van der Waals surface area contributed by atoms with Gasteiger partial charge in [0.15, 0.2) is 17.1 Å². The van der Waals surface area contributed by atoms with Gasteiger partial charge in [-0.1, -0.05) is 0 Å². The SMILES string of the molecule is COc1cc(OC)c(OC)cc1CNC(=O)CCc1c(C)nc2c(c(C)nn2C)c1C. The second-order valence-electron chi connectivity index (χ2n) is 7.50. The third-order valence-corrected chi connectivity index (χ3v) is 5.59. The number of methoxy groups -OCH3 is 3. The van der Waals surface area contributed by atoms with Crippen LogP contribution in [0.1, 0.15) is 34.5 Å². The fourth-order valence-corrected chi connectivity index (χ4v) is 3.98. The monoisotopic (exact) mass is 426 g/mol. The van der Waals surface area contributed by atoms with E-state index in [0.717, 1.165) is 39.1 Å². The van der Waals surface area contributed by atoms with Gasteiger partial charge in [0, 0.05) is 42.7 Å². The second-order valence-corrected chi connectivity index (χ2v) is 7.50. The van der Waals surface area contributed by atoms with Crippen molar-refractivity contribution in [3.05, 3.63) is 40.2 Å². The predicted molar refractivity (Wildman–Crippen MR) is 119 cm³/mol. The molecule has 31 heavy (non-hydrogen) atoms. The number of benzene rings is 1. The Morgan fingerprint density at radius 2 is 1.65 bits per heavy atom. The molecule has 1 aromatic carbocycles. The largest absolute Gasteiger partial charge is 0.496 e. The summed E-state index contributed by atoms with van der Waals surface area (Å²) in [5.41, 5.74) is 5.82. The van der Waals surface area contributed by atoms with E-state index in [1.165, 1.54) is 0 Å². The molecule has 0 aliphatic rings. The zero-order valence-corrected chi connectivity index (χ0v) is 19.3.